The van der Waals surface area contributed by atoms with Crippen molar-refractivity contribution in [2.45, 2.75) is 30.4 Å². The van der Waals surface area contributed by atoms with Crippen molar-refractivity contribution < 1.29 is 12.8 Å². The molecule has 0 spiro atoms. The van der Waals surface area contributed by atoms with Crippen LogP contribution in [0.1, 0.15) is 30.4 Å². The average Bonchev–Trinajstić information content (AvgIpc) is 3.49. The number of nitrogens with one attached hydrogen (secondary N) is 2. The van der Waals surface area contributed by atoms with Crippen LogP contribution in [-0.2, 0) is 21.0 Å². The minimum absolute atomic E-state index is 0. The van der Waals surface area contributed by atoms with Crippen LogP contribution < -0.4 is 10.6 Å². The molecule has 0 amide bonds. The molecule has 1 saturated carbocycles. The zero-order valence-corrected chi connectivity index (χ0v) is 20.3. The molecule has 30 heavy (non-hydrogen) atoms. The summed E-state index contributed by atoms with van der Waals surface area (Å²) in [6.07, 6.45) is 2.37. The van der Waals surface area contributed by atoms with Gasteiger partial charge in [0.15, 0.2) is 15.8 Å². The van der Waals surface area contributed by atoms with Crippen LogP contribution in [0.25, 0.3) is 0 Å². The molecule has 2 N–H and O–H groups in total. The van der Waals surface area contributed by atoms with Crippen molar-refractivity contribution in [2.75, 3.05) is 25.9 Å². The minimum atomic E-state index is -3.15. The van der Waals surface area contributed by atoms with Crippen LogP contribution in [-0.4, -0.2) is 40.3 Å². The summed E-state index contributed by atoms with van der Waals surface area (Å²) in [5.41, 5.74) is 1.37. The molecule has 0 saturated heterocycles. The van der Waals surface area contributed by atoms with Gasteiger partial charge < -0.3 is 10.6 Å². The van der Waals surface area contributed by atoms with Crippen LogP contribution in [0.15, 0.2) is 59.6 Å². The highest BCUT2D eigenvalue weighted by Crippen LogP contribution is 2.48. The molecule has 1 aliphatic rings. The fraction of sp³-hybridized carbons (Fsp3) is 0.409. The number of hydrogen-bond donors (Lipinski definition) is 2. The number of aliphatic imine (C=N–C) groups is 1. The van der Waals surface area contributed by atoms with Gasteiger partial charge in [-0.2, -0.15) is 0 Å². The van der Waals surface area contributed by atoms with Crippen LogP contribution in [0.2, 0.25) is 0 Å². The summed E-state index contributed by atoms with van der Waals surface area (Å²) < 4.78 is 38.6. The number of benzene rings is 2. The van der Waals surface area contributed by atoms with E-state index in [9.17, 15) is 12.8 Å². The van der Waals surface area contributed by atoms with Crippen molar-refractivity contribution >= 4 is 39.8 Å². The van der Waals surface area contributed by atoms with Crippen LogP contribution in [0.5, 0.6) is 0 Å². The lowest BCUT2D eigenvalue weighted by molar-refractivity contribution is 0.559. The molecule has 0 heterocycles. The predicted molar refractivity (Wildman–Crippen MR) is 131 cm³/mol. The highest BCUT2D eigenvalue weighted by Gasteiger charge is 2.45. The van der Waals surface area contributed by atoms with Crippen molar-refractivity contribution in [3.8, 4) is 0 Å². The van der Waals surface area contributed by atoms with E-state index >= 15 is 0 Å². The fourth-order valence-electron chi connectivity index (χ4n) is 3.46. The van der Waals surface area contributed by atoms with Gasteiger partial charge in [-0.25, -0.2) is 12.8 Å². The highest BCUT2D eigenvalue weighted by molar-refractivity contribution is 14.0. The van der Waals surface area contributed by atoms with Crippen molar-refractivity contribution in [3.05, 3.63) is 71.5 Å². The quantitative estimate of drug-likeness (QED) is 0.219. The van der Waals surface area contributed by atoms with Crippen molar-refractivity contribution in [3.63, 3.8) is 0 Å². The van der Waals surface area contributed by atoms with Crippen LogP contribution >= 0.6 is 24.0 Å². The summed E-state index contributed by atoms with van der Waals surface area (Å²) in [6.45, 7) is 1.10. The molecule has 0 atom stereocenters. The van der Waals surface area contributed by atoms with Crippen molar-refractivity contribution in [1.29, 1.82) is 0 Å². The summed E-state index contributed by atoms with van der Waals surface area (Å²) in [6, 6.07) is 16.1. The molecular weight excluding hydrogens is 516 g/mol. The molecule has 1 fully saturated rings. The third-order valence-corrected chi connectivity index (χ3v) is 6.95. The van der Waals surface area contributed by atoms with Gasteiger partial charge in [0, 0.05) is 25.6 Å². The molecule has 164 valence electrons. The molecule has 5 nitrogen and oxygen atoms in total. The van der Waals surface area contributed by atoms with Gasteiger partial charge in [-0.1, -0.05) is 48.5 Å². The van der Waals surface area contributed by atoms with Crippen LogP contribution in [0.4, 0.5) is 4.39 Å². The third-order valence-electron chi connectivity index (χ3n) is 5.27. The van der Waals surface area contributed by atoms with Gasteiger partial charge in [0.25, 0.3) is 0 Å². The number of rotatable bonds is 9. The Bertz CT molecular complexity index is 948. The van der Waals surface area contributed by atoms with E-state index < -0.39 is 9.84 Å². The van der Waals surface area contributed by atoms with E-state index in [1.54, 1.807) is 13.1 Å². The smallest absolute Gasteiger partial charge is 0.191 e. The van der Waals surface area contributed by atoms with Crippen LogP contribution in [0.3, 0.4) is 0 Å². The summed E-state index contributed by atoms with van der Waals surface area (Å²) in [5, 5.41) is 6.41. The first kappa shape index (κ1) is 24.6. The van der Waals surface area contributed by atoms with Gasteiger partial charge >= 0.3 is 0 Å². The van der Waals surface area contributed by atoms with Gasteiger partial charge in [-0.05, 0) is 36.5 Å². The zero-order chi connectivity index (χ0) is 20.7. The second-order valence-corrected chi connectivity index (χ2v) is 9.73. The Balaban J connectivity index is 0.00000320. The highest BCUT2D eigenvalue weighted by atomic mass is 127. The van der Waals surface area contributed by atoms with Gasteiger partial charge in [-0.15, -0.1) is 24.0 Å². The average molecular weight is 545 g/mol. The maximum Gasteiger partial charge on any atom is 0.191 e. The lowest BCUT2D eigenvalue weighted by Gasteiger charge is -2.19. The Morgan fingerprint density at radius 3 is 2.37 bits per heavy atom. The normalized spacial score (nSPS) is 15.2. The van der Waals surface area contributed by atoms with E-state index in [2.05, 4.69) is 15.6 Å². The van der Waals surface area contributed by atoms with E-state index in [1.807, 2.05) is 42.5 Å². The minimum Gasteiger partial charge on any atom is -0.356 e. The maximum absolute atomic E-state index is 14.1. The number of halogens is 2. The summed E-state index contributed by atoms with van der Waals surface area (Å²) in [7, 11) is -1.48. The molecule has 1 aliphatic carbocycles. The van der Waals surface area contributed by atoms with Gasteiger partial charge in [-0.3, -0.25) is 4.99 Å². The lowest BCUT2D eigenvalue weighted by atomic mass is 9.95. The molecule has 0 unspecified atom stereocenters. The first-order valence-electron chi connectivity index (χ1n) is 9.88. The molecule has 8 heteroatoms. The molecule has 3 rings (SSSR count). The van der Waals surface area contributed by atoms with E-state index in [0.29, 0.717) is 25.5 Å². The van der Waals surface area contributed by atoms with Gasteiger partial charge in [0.1, 0.15) is 5.82 Å². The molecule has 0 radical (unpaired) electrons. The number of sulfone groups is 1. The van der Waals surface area contributed by atoms with E-state index in [1.165, 1.54) is 6.07 Å². The SMILES string of the molecule is CN=C(NCCCS(=O)(=O)Cc1ccccc1)NCC1(c2ccccc2F)CC1.I. The Labute approximate surface area is 195 Å². The van der Waals surface area contributed by atoms with E-state index in [-0.39, 0.29) is 46.7 Å². The zero-order valence-electron chi connectivity index (χ0n) is 17.1. The van der Waals surface area contributed by atoms with Crippen molar-refractivity contribution in [1.82, 2.24) is 10.6 Å². The van der Waals surface area contributed by atoms with Crippen molar-refractivity contribution in [2.24, 2.45) is 4.99 Å². The number of hydrogen-bond acceptors (Lipinski definition) is 3. The first-order chi connectivity index (χ1) is 13.9. The van der Waals surface area contributed by atoms with Gasteiger partial charge in [0.05, 0.1) is 11.5 Å². The van der Waals surface area contributed by atoms with Gasteiger partial charge in [0.2, 0.25) is 0 Å². The topological polar surface area (TPSA) is 70.6 Å². The Kier molecular flexibility index (Phi) is 9.09. The summed E-state index contributed by atoms with van der Waals surface area (Å²) >= 11 is 0. The van der Waals surface area contributed by atoms with Crippen LogP contribution in [0, 0.1) is 5.82 Å². The fourth-order valence-corrected chi connectivity index (χ4v) is 4.89. The Morgan fingerprint density at radius 1 is 1.07 bits per heavy atom. The van der Waals surface area contributed by atoms with E-state index in [0.717, 1.165) is 24.0 Å². The summed E-state index contributed by atoms with van der Waals surface area (Å²) in [5.74, 6) is 0.614. The Morgan fingerprint density at radius 2 is 1.73 bits per heavy atom. The molecule has 2 aromatic carbocycles. The molecule has 0 bridgehead atoms. The summed E-state index contributed by atoms with van der Waals surface area (Å²) in [4.78, 5) is 4.19. The first-order valence-corrected chi connectivity index (χ1v) is 11.7. The monoisotopic (exact) mass is 545 g/mol. The lowest BCUT2D eigenvalue weighted by Crippen LogP contribution is -2.42. The molecule has 2 aromatic rings. The maximum atomic E-state index is 14.1. The number of nitrogens with zero attached hydrogens (tertiary/aromatic N) is 1. The third kappa shape index (κ3) is 6.94. The molecular formula is C22H29FIN3O2S. The molecule has 0 aromatic heterocycles. The standard InChI is InChI=1S/C22H28FN3O2S.HI/c1-24-21(26-17-22(12-13-22)19-10-5-6-11-20(19)23)25-14-7-15-29(27,28)16-18-8-3-2-4-9-18;/h2-6,8-11H,7,12-17H2,1H3,(H2,24,25,26);1H. The van der Waals surface area contributed by atoms with E-state index in [4.69, 9.17) is 0 Å². The largest absolute Gasteiger partial charge is 0.356 e. The predicted octanol–water partition coefficient (Wildman–Crippen LogP) is 3.65. The Hall–Kier alpha value is -1.68. The second-order valence-electron chi connectivity index (χ2n) is 7.54. The number of guanidine groups is 1. The molecule has 0 aliphatic heterocycles. The second kappa shape index (κ2) is 11.1.